The lowest BCUT2D eigenvalue weighted by Gasteiger charge is -1.91. The van der Waals surface area contributed by atoms with Gasteiger partial charge in [-0.15, -0.1) is 15.2 Å². The fraction of sp³-hybridized carbons (Fsp3) is 0.333. The highest BCUT2D eigenvalue weighted by molar-refractivity contribution is 7.86. The minimum atomic E-state index is -4.35. The van der Waals surface area contributed by atoms with Gasteiger partial charge < -0.3 is 0 Å². The van der Waals surface area contributed by atoms with Crippen LogP contribution in [-0.2, 0) is 16.6 Å². The van der Waals surface area contributed by atoms with Crippen LogP contribution >= 0.6 is 22.9 Å². The number of hydrogen-bond donors (Lipinski definition) is 0. The predicted molar refractivity (Wildman–Crippen MR) is 47.9 cm³/mol. The van der Waals surface area contributed by atoms with Gasteiger partial charge in [0.2, 0.25) is 0 Å². The molecule has 0 saturated carbocycles. The second-order valence-electron chi connectivity index (χ2n) is 2.20. The molecule has 0 aromatic carbocycles. The van der Waals surface area contributed by atoms with Crippen molar-refractivity contribution in [3.63, 3.8) is 0 Å². The van der Waals surface area contributed by atoms with Crippen LogP contribution in [0.2, 0.25) is 4.34 Å². The zero-order chi connectivity index (χ0) is 9.19. The Balaban J connectivity index is 2.55. The van der Waals surface area contributed by atoms with Crippen molar-refractivity contribution in [2.75, 3.05) is 5.75 Å². The average molecular weight is 229 g/mol. The monoisotopic (exact) mass is 228 g/mol. The molecule has 0 spiro atoms. The van der Waals surface area contributed by atoms with E-state index in [9.17, 15) is 12.3 Å². The first-order chi connectivity index (χ1) is 5.47. The number of thiophene rings is 1. The number of rotatable bonds is 3. The van der Waals surface area contributed by atoms with Gasteiger partial charge in [0, 0.05) is 4.88 Å². The van der Waals surface area contributed by atoms with Crippen molar-refractivity contribution in [1.29, 1.82) is 0 Å². The van der Waals surface area contributed by atoms with Gasteiger partial charge in [-0.2, -0.15) is 8.42 Å². The van der Waals surface area contributed by atoms with Crippen molar-refractivity contribution in [3.8, 4) is 0 Å². The fourth-order valence-corrected chi connectivity index (χ4v) is 2.39. The van der Waals surface area contributed by atoms with Crippen molar-refractivity contribution in [2.24, 2.45) is 0 Å². The molecule has 0 aliphatic rings. The summed E-state index contributed by atoms with van der Waals surface area (Å²) in [6, 6.07) is 3.35. The van der Waals surface area contributed by atoms with Gasteiger partial charge in [-0.3, -0.25) is 0 Å². The molecule has 0 amide bonds. The van der Waals surface area contributed by atoms with E-state index >= 15 is 0 Å². The number of hydrogen-bond acceptors (Lipinski definition) is 3. The normalized spacial score (nSPS) is 11.8. The van der Waals surface area contributed by atoms with Gasteiger partial charge in [0.05, 0.1) is 10.1 Å². The summed E-state index contributed by atoms with van der Waals surface area (Å²) in [6.07, 6.45) is 0.191. The van der Waals surface area contributed by atoms with Crippen LogP contribution in [-0.4, -0.2) is 14.2 Å². The third-order valence-corrected chi connectivity index (χ3v) is 3.20. The van der Waals surface area contributed by atoms with Gasteiger partial charge in [-0.25, -0.2) is 0 Å². The number of halogens is 2. The quantitative estimate of drug-likeness (QED) is 0.744. The molecule has 0 radical (unpaired) electrons. The van der Waals surface area contributed by atoms with Gasteiger partial charge in [0.1, 0.15) is 0 Å². The molecular weight excluding hydrogens is 223 g/mol. The van der Waals surface area contributed by atoms with E-state index in [1.165, 1.54) is 11.3 Å². The SMILES string of the molecule is O=S(=O)(F)CCc1ccc(Cl)s1. The van der Waals surface area contributed by atoms with Crippen molar-refractivity contribution >= 4 is 33.2 Å². The highest BCUT2D eigenvalue weighted by atomic mass is 35.5. The summed E-state index contributed by atoms with van der Waals surface area (Å²) in [7, 11) is -4.35. The largest absolute Gasteiger partial charge is 0.302 e. The van der Waals surface area contributed by atoms with Crippen LogP contribution in [0.4, 0.5) is 3.89 Å². The van der Waals surface area contributed by atoms with Gasteiger partial charge in [-0.1, -0.05) is 11.6 Å². The van der Waals surface area contributed by atoms with Crippen molar-refractivity contribution < 1.29 is 12.3 Å². The summed E-state index contributed by atoms with van der Waals surface area (Å²) < 4.78 is 32.8. The Kier molecular flexibility index (Phi) is 3.09. The Bertz CT molecular complexity index is 357. The molecular formula is C6H6ClFO2S2. The lowest BCUT2D eigenvalue weighted by atomic mass is 10.4. The molecule has 0 atom stereocenters. The topological polar surface area (TPSA) is 34.1 Å². The second-order valence-corrected chi connectivity index (χ2v) is 5.48. The van der Waals surface area contributed by atoms with Crippen LogP contribution in [0.3, 0.4) is 0 Å². The molecule has 0 bridgehead atoms. The molecule has 68 valence electrons. The van der Waals surface area contributed by atoms with Gasteiger partial charge >= 0.3 is 10.2 Å². The van der Waals surface area contributed by atoms with Gasteiger partial charge in [0.15, 0.2) is 0 Å². The Morgan fingerprint density at radius 1 is 1.50 bits per heavy atom. The molecule has 0 aliphatic carbocycles. The van der Waals surface area contributed by atoms with Crippen molar-refractivity contribution in [2.45, 2.75) is 6.42 Å². The molecule has 0 saturated heterocycles. The molecule has 0 unspecified atom stereocenters. The smallest absolute Gasteiger partial charge is 0.195 e. The summed E-state index contributed by atoms with van der Waals surface area (Å²) >= 11 is 6.85. The molecule has 1 heterocycles. The summed E-state index contributed by atoms with van der Waals surface area (Å²) in [5.74, 6) is -0.468. The summed E-state index contributed by atoms with van der Waals surface area (Å²) in [5, 5.41) is 0. The standard InChI is InChI=1S/C6H6ClFO2S2/c7-6-2-1-5(11-6)3-4-12(8,9)10/h1-2H,3-4H2. The second kappa shape index (κ2) is 3.72. The summed E-state index contributed by atoms with van der Waals surface area (Å²) in [4.78, 5) is 0.779. The molecule has 1 aromatic heterocycles. The minimum Gasteiger partial charge on any atom is -0.195 e. The lowest BCUT2D eigenvalue weighted by Crippen LogP contribution is -2.00. The molecule has 12 heavy (non-hydrogen) atoms. The Morgan fingerprint density at radius 3 is 2.58 bits per heavy atom. The van der Waals surface area contributed by atoms with Crippen LogP contribution in [0.1, 0.15) is 4.88 Å². The van der Waals surface area contributed by atoms with E-state index in [-0.39, 0.29) is 6.42 Å². The van der Waals surface area contributed by atoms with E-state index in [4.69, 9.17) is 11.6 Å². The van der Waals surface area contributed by atoms with Crippen molar-refractivity contribution in [3.05, 3.63) is 21.3 Å². The molecule has 0 fully saturated rings. The van der Waals surface area contributed by atoms with Crippen LogP contribution in [0.25, 0.3) is 0 Å². The van der Waals surface area contributed by atoms with E-state index in [2.05, 4.69) is 0 Å². The third kappa shape index (κ3) is 3.51. The maximum Gasteiger partial charge on any atom is 0.302 e. The van der Waals surface area contributed by atoms with Crippen molar-refractivity contribution in [1.82, 2.24) is 0 Å². The minimum absolute atomic E-state index is 0.191. The van der Waals surface area contributed by atoms with Crippen LogP contribution < -0.4 is 0 Å². The van der Waals surface area contributed by atoms with Crippen LogP contribution in [0.15, 0.2) is 12.1 Å². The van der Waals surface area contributed by atoms with Crippen LogP contribution in [0.5, 0.6) is 0 Å². The highest BCUT2D eigenvalue weighted by Crippen LogP contribution is 2.22. The zero-order valence-electron chi connectivity index (χ0n) is 5.96. The first-order valence-electron chi connectivity index (χ1n) is 3.14. The van der Waals surface area contributed by atoms with E-state index in [1.807, 2.05) is 0 Å². The molecule has 0 N–H and O–H groups in total. The zero-order valence-corrected chi connectivity index (χ0v) is 8.35. The molecule has 2 nitrogen and oxygen atoms in total. The average Bonchev–Trinajstić information content (AvgIpc) is 2.30. The fourth-order valence-electron chi connectivity index (χ4n) is 0.709. The first kappa shape index (κ1) is 9.95. The maximum atomic E-state index is 12.0. The van der Waals surface area contributed by atoms with Gasteiger partial charge in [0.25, 0.3) is 0 Å². The van der Waals surface area contributed by atoms with Crippen LogP contribution in [0, 0.1) is 0 Å². The lowest BCUT2D eigenvalue weighted by molar-refractivity contribution is 0.551. The Hall–Kier alpha value is -0.130. The van der Waals surface area contributed by atoms with E-state index < -0.39 is 16.0 Å². The Labute approximate surface area is 79.2 Å². The third-order valence-electron chi connectivity index (χ3n) is 1.22. The van der Waals surface area contributed by atoms with E-state index in [0.29, 0.717) is 4.34 Å². The predicted octanol–water partition coefficient (Wildman–Crippen LogP) is 2.24. The molecule has 1 aromatic rings. The molecule has 0 aliphatic heterocycles. The summed E-state index contributed by atoms with van der Waals surface area (Å²) in [6.45, 7) is 0. The van der Waals surface area contributed by atoms with E-state index in [0.717, 1.165) is 4.88 Å². The summed E-state index contributed by atoms with van der Waals surface area (Å²) in [5.41, 5.74) is 0. The molecule has 1 rings (SSSR count). The number of aryl methyl sites for hydroxylation is 1. The highest BCUT2D eigenvalue weighted by Gasteiger charge is 2.08. The maximum absolute atomic E-state index is 12.0. The molecule has 6 heteroatoms. The van der Waals surface area contributed by atoms with E-state index in [1.54, 1.807) is 12.1 Å². The Morgan fingerprint density at radius 2 is 2.17 bits per heavy atom. The van der Waals surface area contributed by atoms with Gasteiger partial charge in [-0.05, 0) is 18.6 Å². The first-order valence-corrected chi connectivity index (χ1v) is 5.88.